The molecule has 2 rings (SSSR count). The number of carbonyl (C=O) groups is 1. The van der Waals surface area contributed by atoms with E-state index in [1.165, 1.54) is 32.1 Å². The first-order valence-corrected chi connectivity index (χ1v) is 7.72. The van der Waals surface area contributed by atoms with Crippen LogP contribution < -0.4 is 11.1 Å². The van der Waals surface area contributed by atoms with Gasteiger partial charge in [-0.2, -0.15) is 0 Å². The first kappa shape index (κ1) is 13.9. The van der Waals surface area contributed by atoms with Gasteiger partial charge in [0.1, 0.15) is 0 Å². The smallest absolute Gasteiger partial charge is 0.223 e. The van der Waals surface area contributed by atoms with Crippen LogP contribution in [0.2, 0.25) is 0 Å². The SMILES string of the molecule is CC(NC(=O)C1CCCC1CN)C1CCCCC1. The van der Waals surface area contributed by atoms with E-state index in [-0.39, 0.29) is 11.8 Å². The highest BCUT2D eigenvalue weighted by Crippen LogP contribution is 2.32. The summed E-state index contributed by atoms with van der Waals surface area (Å²) in [5.74, 6) is 1.56. The van der Waals surface area contributed by atoms with Gasteiger partial charge in [-0.05, 0) is 51.0 Å². The molecule has 0 heterocycles. The van der Waals surface area contributed by atoms with Crippen molar-refractivity contribution in [1.29, 1.82) is 0 Å². The fraction of sp³-hybridized carbons (Fsp3) is 0.933. The van der Waals surface area contributed by atoms with E-state index >= 15 is 0 Å². The lowest BCUT2D eigenvalue weighted by molar-refractivity contribution is -0.127. The molecule has 2 fully saturated rings. The molecule has 0 radical (unpaired) electrons. The Bertz CT molecular complexity index is 274. The first-order valence-electron chi connectivity index (χ1n) is 7.72. The van der Waals surface area contributed by atoms with Crippen molar-refractivity contribution in [3.63, 3.8) is 0 Å². The van der Waals surface area contributed by atoms with Crippen molar-refractivity contribution in [2.75, 3.05) is 6.54 Å². The number of rotatable bonds is 4. The summed E-state index contributed by atoms with van der Waals surface area (Å²) in [5.41, 5.74) is 5.76. The van der Waals surface area contributed by atoms with E-state index in [4.69, 9.17) is 5.73 Å². The van der Waals surface area contributed by atoms with Crippen LogP contribution in [0.5, 0.6) is 0 Å². The van der Waals surface area contributed by atoms with Crippen LogP contribution in [-0.2, 0) is 4.79 Å². The summed E-state index contributed by atoms with van der Waals surface area (Å²) in [6, 6.07) is 0.344. The topological polar surface area (TPSA) is 55.1 Å². The van der Waals surface area contributed by atoms with Crippen molar-refractivity contribution < 1.29 is 4.79 Å². The largest absolute Gasteiger partial charge is 0.353 e. The van der Waals surface area contributed by atoms with Crippen LogP contribution in [-0.4, -0.2) is 18.5 Å². The molecule has 3 nitrogen and oxygen atoms in total. The predicted molar refractivity (Wildman–Crippen MR) is 74.1 cm³/mol. The second-order valence-corrected chi connectivity index (χ2v) is 6.23. The molecule has 0 aromatic rings. The maximum absolute atomic E-state index is 12.3. The zero-order valence-corrected chi connectivity index (χ0v) is 11.7. The fourth-order valence-electron chi connectivity index (χ4n) is 3.75. The lowest BCUT2D eigenvalue weighted by atomic mass is 9.84. The quantitative estimate of drug-likeness (QED) is 0.807. The van der Waals surface area contributed by atoms with Crippen LogP contribution in [0.3, 0.4) is 0 Å². The Kier molecular flexibility index (Phi) is 5.04. The van der Waals surface area contributed by atoms with E-state index in [0.717, 1.165) is 19.3 Å². The van der Waals surface area contributed by atoms with Gasteiger partial charge in [-0.3, -0.25) is 4.79 Å². The van der Waals surface area contributed by atoms with Gasteiger partial charge in [-0.1, -0.05) is 25.7 Å². The van der Waals surface area contributed by atoms with Crippen molar-refractivity contribution in [2.24, 2.45) is 23.5 Å². The molecule has 0 aromatic carbocycles. The predicted octanol–water partition coefficient (Wildman–Crippen LogP) is 2.45. The second-order valence-electron chi connectivity index (χ2n) is 6.23. The average Bonchev–Trinajstić information content (AvgIpc) is 2.88. The highest BCUT2D eigenvalue weighted by atomic mass is 16.2. The minimum Gasteiger partial charge on any atom is -0.353 e. The van der Waals surface area contributed by atoms with E-state index in [9.17, 15) is 4.79 Å². The molecule has 0 bridgehead atoms. The van der Waals surface area contributed by atoms with Gasteiger partial charge in [0.15, 0.2) is 0 Å². The Morgan fingerprint density at radius 3 is 2.56 bits per heavy atom. The molecular formula is C15H28N2O. The molecule has 2 aliphatic carbocycles. The van der Waals surface area contributed by atoms with E-state index in [2.05, 4.69) is 12.2 Å². The lowest BCUT2D eigenvalue weighted by Gasteiger charge is -2.29. The summed E-state index contributed by atoms with van der Waals surface area (Å²) < 4.78 is 0. The third-order valence-electron chi connectivity index (χ3n) is 5.03. The Morgan fingerprint density at radius 1 is 1.17 bits per heavy atom. The highest BCUT2D eigenvalue weighted by molar-refractivity contribution is 5.79. The van der Waals surface area contributed by atoms with Crippen molar-refractivity contribution in [3.8, 4) is 0 Å². The van der Waals surface area contributed by atoms with Crippen molar-refractivity contribution in [1.82, 2.24) is 5.32 Å². The lowest BCUT2D eigenvalue weighted by Crippen LogP contribution is -2.43. The van der Waals surface area contributed by atoms with Gasteiger partial charge >= 0.3 is 0 Å². The van der Waals surface area contributed by atoms with Crippen LogP contribution in [0.25, 0.3) is 0 Å². The minimum atomic E-state index is 0.182. The van der Waals surface area contributed by atoms with Gasteiger partial charge in [0.2, 0.25) is 5.91 Å². The molecular weight excluding hydrogens is 224 g/mol. The number of amides is 1. The van der Waals surface area contributed by atoms with Crippen molar-refractivity contribution in [2.45, 2.75) is 64.3 Å². The molecule has 0 aliphatic heterocycles. The summed E-state index contributed by atoms with van der Waals surface area (Å²) in [4.78, 5) is 12.3. The van der Waals surface area contributed by atoms with Crippen LogP contribution in [0.1, 0.15) is 58.3 Å². The van der Waals surface area contributed by atoms with Crippen LogP contribution in [0.4, 0.5) is 0 Å². The van der Waals surface area contributed by atoms with E-state index in [0.29, 0.717) is 24.4 Å². The molecule has 104 valence electrons. The number of nitrogens with two attached hydrogens (primary N) is 1. The van der Waals surface area contributed by atoms with Crippen molar-refractivity contribution >= 4 is 5.91 Å². The van der Waals surface area contributed by atoms with Gasteiger partial charge in [-0.25, -0.2) is 0 Å². The molecule has 18 heavy (non-hydrogen) atoms. The van der Waals surface area contributed by atoms with Gasteiger partial charge in [0.25, 0.3) is 0 Å². The van der Waals surface area contributed by atoms with Gasteiger partial charge < -0.3 is 11.1 Å². The number of hydrogen-bond donors (Lipinski definition) is 2. The second kappa shape index (κ2) is 6.55. The van der Waals surface area contributed by atoms with E-state index < -0.39 is 0 Å². The molecule has 0 aromatic heterocycles. The molecule has 3 N–H and O–H groups in total. The van der Waals surface area contributed by atoms with Crippen molar-refractivity contribution in [3.05, 3.63) is 0 Å². The zero-order valence-electron chi connectivity index (χ0n) is 11.7. The monoisotopic (exact) mass is 252 g/mol. The van der Waals surface area contributed by atoms with E-state index in [1.54, 1.807) is 0 Å². The third kappa shape index (κ3) is 3.25. The normalized spacial score (nSPS) is 31.2. The summed E-state index contributed by atoms with van der Waals surface area (Å²) in [7, 11) is 0. The van der Waals surface area contributed by atoms with Crippen LogP contribution in [0.15, 0.2) is 0 Å². The summed E-state index contributed by atoms with van der Waals surface area (Å²) >= 11 is 0. The molecule has 2 aliphatic rings. The fourth-order valence-corrected chi connectivity index (χ4v) is 3.75. The summed E-state index contributed by atoms with van der Waals surface area (Å²) in [6.07, 6.45) is 9.93. The van der Waals surface area contributed by atoms with Gasteiger partial charge in [0.05, 0.1) is 0 Å². The van der Waals surface area contributed by atoms with Crippen LogP contribution in [0, 0.1) is 17.8 Å². The standard InChI is InChI=1S/C15H28N2O/c1-11(12-6-3-2-4-7-12)17-15(18)14-9-5-8-13(14)10-16/h11-14H,2-10,16H2,1H3,(H,17,18). The molecule has 3 atom stereocenters. The maximum Gasteiger partial charge on any atom is 0.223 e. The molecule has 1 amide bonds. The Balaban J connectivity index is 1.82. The molecule has 2 saturated carbocycles. The first-order chi connectivity index (χ1) is 8.72. The van der Waals surface area contributed by atoms with E-state index in [1.807, 2.05) is 0 Å². The summed E-state index contributed by atoms with van der Waals surface area (Å²) in [6.45, 7) is 2.84. The molecule has 0 spiro atoms. The Morgan fingerprint density at radius 2 is 1.89 bits per heavy atom. The number of hydrogen-bond acceptors (Lipinski definition) is 2. The van der Waals surface area contributed by atoms with Crippen LogP contribution >= 0.6 is 0 Å². The maximum atomic E-state index is 12.3. The highest BCUT2D eigenvalue weighted by Gasteiger charge is 2.33. The zero-order chi connectivity index (χ0) is 13.0. The Hall–Kier alpha value is -0.570. The molecule has 3 heteroatoms. The summed E-state index contributed by atoms with van der Waals surface area (Å²) in [5, 5.41) is 3.26. The number of nitrogens with one attached hydrogen (secondary N) is 1. The van der Waals surface area contributed by atoms with Gasteiger partial charge in [-0.15, -0.1) is 0 Å². The molecule has 3 unspecified atom stereocenters. The number of carbonyl (C=O) groups excluding carboxylic acids is 1. The third-order valence-corrected chi connectivity index (χ3v) is 5.03. The Labute approximate surface area is 111 Å². The molecule has 0 saturated heterocycles. The van der Waals surface area contributed by atoms with Gasteiger partial charge in [0, 0.05) is 12.0 Å². The average molecular weight is 252 g/mol. The minimum absolute atomic E-state index is 0.182.